The molecule has 3 heterocycles. The maximum absolute atomic E-state index is 13.4. The molecular formula is C31H26N2O2. The predicted octanol–water partition coefficient (Wildman–Crippen LogP) is 6.80. The van der Waals surface area contributed by atoms with Crippen molar-refractivity contribution in [1.82, 2.24) is 9.88 Å². The minimum absolute atomic E-state index is 0.0862. The van der Waals surface area contributed by atoms with Crippen LogP contribution in [0.4, 0.5) is 4.79 Å². The highest BCUT2D eigenvalue weighted by Crippen LogP contribution is 2.45. The van der Waals surface area contributed by atoms with Gasteiger partial charge in [0.2, 0.25) is 0 Å². The highest BCUT2D eigenvalue weighted by molar-refractivity contribution is 5.94. The van der Waals surface area contributed by atoms with E-state index in [2.05, 4.69) is 83.9 Å². The Hall–Kier alpha value is -3.92. The first kappa shape index (κ1) is 20.5. The van der Waals surface area contributed by atoms with Gasteiger partial charge in [-0.1, -0.05) is 72.8 Å². The van der Waals surface area contributed by atoms with E-state index in [9.17, 15) is 4.79 Å². The van der Waals surface area contributed by atoms with Crippen molar-refractivity contribution in [3.05, 3.63) is 108 Å². The number of rotatable bonds is 3. The number of aromatic nitrogens is 1. The molecule has 3 aliphatic rings. The molecule has 2 bridgehead atoms. The Balaban J connectivity index is 1.13. The third-order valence-corrected chi connectivity index (χ3v) is 7.97. The maximum atomic E-state index is 13.4. The fraction of sp³-hybridized carbons (Fsp3) is 0.226. The van der Waals surface area contributed by atoms with Gasteiger partial charge in [-0.3, -0.25) is 9.88 Å². The van der Waals surface area contributed by atoms with Crippen LogP contribution in [0.2, 0.25) is 0 Å². The molecule has 0 radical (unpaired) electrons. The molecular weight excluding hydrogens is 432 g/mol. The predicted molar refractivity (Wildman–Crippen MR) is 138 cm³/mol. The summed E-state index contributed by atoms with van der Waals surface area (Å²) in [6.45, 7) is 0.369. The molecule has 1 aromatic heterocycles. The van der Waals surface area contributed by atoms with Gasteiger partial charge in [0.15, 0.2) is 0 Å². The van der Waals surface area contributed by atoms with Gasteiger partial charge in [-0.15, -0.1) is 0 Å². The number of benzene rings is 3. The second kappa shape index (κ2) is 8.09. The molecule has 2 unspecified atom stereocenters. The number of pyridine rings is 1. The lowest BCUT2D eigenvalue weighted by molar-refractivity contribution is 0.0867. The molecule has 0 saturated carbocycles. The van der Waals surface area contributed by atoms with Crippen molar-refractivity contribution in [1.29, 1.82) is 0 Å². The van der Waals surface area contributed by atoms with Crippen molar-refractivity contribution >= 4 is 22.4 Å². The third-order valence-electron chi connectivity index (χ3n) is 7.97. The van der Waals surface area contributed by atoms with Crippen LogP contribution in [0.15, 0.2) is 91.3 Å². The highest BCUT2D eigenvalue weighted by atomic mass is 16.6. The van der Waals surface area contributed by atoms with E-state index in [1.807, 2.05) is 17.3 Å². The van der Waals surface area contributed by atoms with Gasteiger partial charge >= 0.3 is 6.09 Å². The van der Waals surface area contributed by atoms with Crippen molar-refractivity contribution in [2.75, 3.05) is 6.61 Å². The smallest absolute Gasteiger partial charge is 0.410 e. The van der Waals surface area contributed by atoms with Crippen LogP contribution in [0.25, 0.3) is 27.5 Å². The Kier molecular flexibility index (Phi) is 4.73. The summed E-state index contributed by atoms with van der Waals surface area (Å²) in [5.74, 6) is 0.0862. The average molecular weight is 459 g/mol. The first-order valence-electron chi connectivity index (χ1n) is 12.4. The summed E-state index contributed by atoms with van der Waals surface area (Å²) in [5, 5.41) is 2.37. The van der Waals surface area contributed by atoms with Gasteiger partial charge < -0.3 is 4.74 Å². The van der Waals surface area contributed by atoms with Crippen molar-refractivity contribution in [3.63, 3.8) is 0 Å². The number of fused-ring (bicyclic) bond motifs is 6. The van der Waals surface area contributed by atoms with Crippen LogP contribution in [-0.2, 0) is 4.74 Å². The van der Waals surface area contributed by atoms with Crippen molar-refractivity contribution in [2.24, 2.45) is 0 Å². The van der Waals surface area contributed by atoms with E-state index in [1.165, 1.54) is 44.2 Å². The molecule has 3 aromatic carbocycles. The lowest BCUT2D eigenvalue weighted by atomic mass is 9.92. The zero-order valence-electron chi connectivity index (χ0n) is 19.4. The molecule has 1 amide bonds. The van der Waals surface area contributed by atoms with Gasteiger partial charge in [-0.25, -0.2) is 4.79 Å². The summed E-state index contributed by atoms with van der Waals surface area (Å²) in [4.78, 5) is 19.7. The number of carbonyl (C=O) groups excluding carboxylic acids is 1. The molecule has 0 N–H and O–H groups in total. The average Bonchev–Trinajstić information content (AvgIpc) is 3.37. The summed E-state index contributed by atoms with van der Waals surface area (Å²) in [6, 6.07) is 25.7. The molecule has 172 valence electrons. The zero-order chi connectivity index (χ0) is 23.4. The highest BCUT2D eigenvalue weighted by Gasteiger charge is 2.41. The van der Waals surface area contributed by atoms with Crippen LogP contribution in [0.3, 0.4) is 0 Å². The molecule has 1 aliphatic carbocycles. The summed E-state index contributed by atoms with van der Waals surface area (Å²) in [7, 11) is 0. The summed E-state index contributed by atoms with van der Waals surface area (Å²) < 4.78 is 6.02. The Bertz CT molecular complexity index is 1440. The number of nitrogens with zero attached hydrogens (tertiary/aromatic N) is 2. The van der Waals surface area contributed by atoms with Crippen molar-refractivity contribution in [3.8, 4) is 11.1 Å². The van der Waals surface area contributed by atoms with Crippen molar-refractivity contribution < 1.29 is 9.53 Å². The largest absolute Gasteiger partial charge is 0.448 e. The number of hydrogen-bond acceptors (Lipinski definition) is 3. The van der Waals surface area contributed by atoms with Gasteiger partial charge in [0.1, 0.15) is 6.61 Å². The normalized spacial score (nSPS) is 20.5. The SMILES string of the molecule is O=C(OCC1c2ccccc2-c2ccccc21)N1C2C=C(c3cccc4ccncc34)CC1CC2. The fourth-order valence-corrected chi connectivity index (χ4v) is 6.38. The molecule has 4 nitrogen and oxygen atoms in total. The second-order valence-corrected chi connectivity index (χ2v) is 9.81. The maximum Gasteiger partial charge on any atom is 0.410 e. The lowest BCUT2D eigenvalue weighted by Gasteiger charge is -2.34. The molecule has 4 heteroatoms. The van der Waals surface area contributed by atoms with Gasteiger partial charge in [-0.2, -0.15) is 0 Å². The van der Waals surface area contributed by atoms with Crippen LogP contribution in [0.5, 0.6) is 0 Å². The Morgan fingerprint density at radius 2 is 1.63 bits per heavy atom. The molecule has 1 saturated heterocycles. The minimum Gasteiger partial charge on any atom is -0.448 e. The lowest BCUT2D eigenvalue weighted by Crippen LogP contribution is -2.43. The van der Waals surface area contributed by atoms with E-state index in [4.69, 9.17) is 4.74 Å². The molecule has 2 aliphatic heterocycles. The fourth-order valence-electron chi connectivity index (χ4n) is 6.38. The first-order chi connectivity index (χ1) is 17.3. The van der Waals surface area contributed by atoms with Crippen LogP contribution < -0.4 is 0 Å². The summed E-state index contributed by atoms with van der Waals surface area (Å²) in [6.07, 6.45) is 8.74. The van der Waals surface area contributed by atoms with E-state index >= 15 is 0 Å². The molecule has 7 rings (SSSR count). The van der Waals surface area contributed by atoms with Crippen LogP contribution in [0, 0.1) is 0 Å². The van der Waals surface area contributed by atoms with Gasteiger partial charge in [0, 0.05) is 29.7 Å². The quantitative estimate of drug-likeness (QED) is 0.339. The molecule has 4 aromatic rings. The standard InChI is InChI=1S/C31H26N2O2/c34-31(35-19-30-27-9-3-1-7-25(27)26-8-2-4-10-28(26)30)33-22-12-13-23(33)17-21(16-22)24-11-5-6-20-14-15-32-18-29(20)24/h1-11,14-16,18,22-23,30H,12-13,17,19H2. The third kappa shape index (κ3) is 3.28. The Labute approximate surface area is 204 Å². The van der Waals surface area contributed by atoms with Crippen LogP contribution >= 0.6 is 0 Å². The van der Waals surface area contributed by atoms with Crippen LogP contribution in [-0.4, -0.2) is 34.7 Å². The van der Waals surface area contributed by atoms with E-state index in [0.29, 0.717) is 6.61 Å². The molecule has 35 heavy (non-hydrogen) atoms. The summed E-state index contributed by atoms with van der Waals surface area (Å²) >= 11 is 0. The molecule has 2 atom stereocenters. The van der Waals surface area contributed by atoms with E-state index in [0.717, 1.165) is 19.3 Å². The van der Waals surface area contributed by atoms with Gasteiger partial charge in [-0.05, 0) is 64.1 Å². The van der Waals surface area contributed by atoms with Crippen molar-refractivity contribution in [2.45, 2.75) is 37.3 Å². The second-order valence-electron chi connectivity index (χ2n) is 9.81. The number of ether oxygens (including phenoxy) is 1. The minimum atomic E-state index is -0.186. The van der Waals surface area contributed by atoms with E-state index < -0.39 is 0 Å². The Morgan fingerprint density at radius 3 is 2.40 bits per heavy atom. The molecule has 0 spiro atoms. The van der Waals surface area contributed by atoms with Crippen LogP contribution in [0.1, 0.15) is 41.9 Å². The zero-order valence-corrected chi connectivity index (χ0v) is 19.4. The van der Waals surface area contributed by atoms with Gasteiger partial charge in [0.25, 0.3) is 0 Å². The number of amides is 1. The summed E-state index contributed by atoms with van der Waals surface area (Å²) in [5.41, 5.74) is 7.54. The van der Waals surface area contributed by atoms with E-state index in [1.54, 1.807) is 0 Å². The number of hydrogen-bond donors (Lipinski definition) is 0. The van der Waals surface area contributed by atoms with Gasteiger partial charge in [0.05, 0.1) is 6.04 Å². The first-order valence-corrected chi connectivity index (χ1v) is 12.4. The number of carbonyl (C=O) groups is 1. The Morgan fingerprint density at radius 1 is 0.886 bits per heavy atom. The topological polar surface area (TPSA) is 42.4 Å². The molecule has 1 fully saturated rings. The monoisotopic (exact) mass is 458 g/mol. The van der Waals surface area contributed by atoms with E-state index in [-0.39, 0.29) is 24.1 Å².